The van der Waals surface area contributed by atoms with E-state index >= 15 is 0 Å². The van der Waals surface area contributed by atoms with Crippen LogP contribution in [0.2, 0.25) is 0 Å². The van der Waals surface area contributed by atoms with Gasteiger partial charge in [0.25, 0.3) is 0 Å². The fourth-order valence-corrected chi connectivity index (χ4v) is 3.34. The van der Waals surface area contributed by atoms with Crippen LogP contribution in [0.5, 0.6) is 5.75 Å². The van der Waals surface area contributed by atoms with Crippen molar-refractivity contribution in [2.75, 3.05) is 0 Å². The molecule has 6 heteroatoms. The Hall–Kier alpha value is -2.47. The van der Waals surface area contributed by atoms with E-state index in [0.717, 1.165) is 29.3 Å². The van der Waals surface area contributed by atoms with E-state index in [1.807, 2.05) is 19.1 Å². The highest BCUT2D eigenvalue weighted by Gasteiger charge is 2.13. The lowest BCUT2D eigenvalue weighted by atomic mass is 10.1. The number of nitrogens with one attached hydrogen (secondary N) is 1. The van der Waals surface area contributed by atoms with Gasteiger partial charge >= 0.3 is 5.97 Å². The quantitative estimate of drug-likeness (QED) is 0.139. The predicted octanol–water partition coefficient (Wildman–Crippen LogP) is 6.18. The normalized spacial score (nSPS) is 10.9. The van der Waals surface area contributed by atoms with Gasteiger partial charge < -0.3 is 4.74 Å². The van der Waals surface area contributed by atoms with Gasteiger partial charge in [0.05, 0.1) is 11.8 Å². The van der Waals surface area contributed by atoms with Crippen LogP contribution in [0.1, 0.15) is 73.4 Å². The minimum absolute atomic E-state index is 0.116. The molecule has 0 aliphatic rings. The maximum Gasteiger partial charge on any atom is 0.343 e. The summed E-state index contributed by atoms with van der Waals surface area (Å²) in [6, 6.07) is 12.5. The number of carbonyl (C=O) groups excluding carboxylic acids is 2. The molecule has 0 fully saturated rings. The average Bonchev–Trinajstić information content (AvgIpc) is 2.72. The van der Waals surface area contributed by atoms with E-state index in [2.05, 4.69) is 33.4 Å². The number of unbranched alkanes of at least 4 members (excludes halogenated alkanes) is 5. The lowest BCUT2D eigenvalue weighted by Crippen LogP contribution is -2.17. The molecule has 0 atom stereocenters. The van der Waals surface area contributed by atoms with E-state index in [0.29, 0.717) is 23.3 Å². The van der Waals surface area contributed by atoms with E-state index in [1.165, 1.54) is 25.5 Å². The van der Waals surface area contributed by atoms with Crippen LogP contribution in [-0.2, 0) is 4.79 Å². The first kappa shape index (κ1) is 23.8. The van der Waals surface area contributed by atoms with Crippen LogP contribution in [0.25, 0.3) is 0 Å². The minimum atomic E-state index is -0.433. The lowest BCUT2D eigenvalue weighted by molar-refractivity contribution is -0.121. The molecular weight excluding hydrogens is 444 g/mol. The largest absolute Gasteiger partial charge is 0.422 e. The number of carbonyl (C=O) groups is 2. The fraction of sp³-hybridized carbons (Fsp3) is 0.375. The van der Waals surface area contributed by atoms with Crippen molar-refractivity contribution in [1.82, 2.24) is 5.43 Å². The van der Waals surface area contributed by atoms with Gasteiger partial charge in [0, 0.05) is 16.5 Å². The number of benzene rings is 2. The van der Waals surface area contributed by atoms with Gasteiger partial charge in [0.15, 0.2) is 0 Å². The zero-order chi connectivity index (χ0) is 21.8. The van der Waals surface area contributed by atoms with Gasteiger partial charge in [0.2, 0.25) is 5.91 Å². The second kappa shape index (κ2) is 13.0. The van der Waals surface area contributed by atoms with Crippen molar-refractivity contribution >= 4 is 34.0 Å². The van der Waals surface area contributed by atoms with Crippen LogP contribution in [0, 0.1) is 6.92 Å². The van der Waals surface area contributed by atoms with Crippen LogP contribution in [-0.4, -0.2) is 18.1 Å². The standard InChI is InChI=1S/C24H29BrN2O3/c1-3-4-5-6-7-8-13-23(28)27-26-17-19-16-20(25)14-15-22(19)30-24(29)21-12-10-9-11-18(21)2/h9-12,14-17H,3-8,13H2,1-2H3,(H,27,28)/b26-17-. The van der Waals surface area contributed by atoms with Crippen LogP contribution in [0.3, 0.4) is 0 Å². The highest BCUT2D eigenvalue weighted by atomic mass is 79.9. The fourth-order valence-electron chi connectivity index (χ4n) is 2.97. The molecule has 0 bridgehead atoms. The van der Waals surface area contributed by atoms with E-state index in [9.17, 15) is 9.59 Å². The number of nitrogens with zero attached hydrogens (tertiary/aromatic N) is 1. The van der Waals surface area contributed by atoms with Crippen LogP contribution in [0.15, 0.2) is 52.0 Å². The molecule has 0 aromatic heterocycles. The Labute approximate surface area is 187 Å². The zero-order valence-electron chi connectivity index (χ0n) is 17.6. The molecule has 0 radical (unpaired) electrons. The van der Waals surface area contributed by atoms with Gasteiger partial charge in [-0.1, -0.05) is 73.2 Å². The molecule has 0 saturated carbocycles. The Morgan fingerprint density at radius 3 is 2.57 bits per heavy atom. The molecule has 0 unspecified atom stereocenters. The number of aryl methyl sites for hydroxylation is 1. The van der Waals surface area contributed by atoms with Crippen molar-refractivity contribution in [2.45, 2.75) is 58.8 Å². The zero-order valence-corrected chi connectivity index (χ0v) is 19.2. The molecule has 0 saturated heterocycles. The van der Waals surface area contributed by atoms with Gasteiger partial charge in [-0.05, 0) is 43.2 Å². The summed E-state index contributed by atoms with van der Waals surface area (Å²) in [7, 11) is 0. The van der Waals surface area contributed by atoms with Crippen molar-refractivity contribution in [1.29, 1.82) is 0 Å². The molecule has 0 aliphatic heterocycles. The van der Waals surface area contributed by atoms with Gasteiger partial charge in [-0.2, -0.15) is 5.10 Å². The molecule has 0 spiro atoms. The highest BCUT2D eigenvalue weighted by molar-refractivity contribution is 9.10. The van der Waals surface area contributed by atoms with Gasteiger partial charge in [-0.15, -0.1) is 0 Å². The summed E-state index contributed by atoms with van der Waals surface area (Å²) in [6.45, 7) is 4.05. The molecule has 5 nitrogen and oxygen atoms in total. The van der Waals surface area contributed by atoms with Crippen molar-refractivity contribution in [2.24, 2.45) is 5.10 Å². The first-order chi connectivity index (χ1) is 14.5. The molecule has 2 aromatic rings. The number of amides is 1. The van der Waals surface area contributed by atoms with E-state index in [-0.39, 0.29) is 5.91 Å². The average molecular weight is 473 g/mol. The Bertz CT molecular complexity index is 881. The Balaban J connectivity index is 1.92. The number of hydrogen-bond acceptors (Lipinski definition) is 4. The minimum Gasteiger partial charge on any atom is -0.422 e. The third-order valence-corrected chi connectivity index (χ3v) is 5.18. The molecule has 2 rings (SSSR count). The number of ether oxygens (including phenoxy) is 1. The van der Waals surface area contributed by atoms with Crippen LogP contribution >= 0.6 is 15.9 Å². The third kappa shape index (κ3) is 8.11. The lowest BCUT2D eigenvalue weighted by Gasteiger charge is -2.09. The number of rotatable bonds is 11. The maximum atomic E-state index is 12.5. The molecule has 1 amide bonds. The molecule has 1 N–H and O–H groups in total. The third-order valence-electron chi connectivity index (χ3n) is 4.69. The second-order valence-electron chi connectivity index (χ2n) is 7.20. The SMILES string of the molecule is CCCCCCCCC(=O)N/N=C\c1cc(Br)ccc1OC(=O)c1ccccc1C. The van der Waals surface area contributed by atoms with Gasteiger partial charge in [0.1, 0.15) is 5.75 Å². The molecule has 2 aromatic carbocycles. The number of hydrazone groups is 1. The second-order valence-corrected chi connectivity index (χ2v) is 8.11. The summed E-state index contributed by atoms with van der Waals surface area (Å²) in [5, 5.41) is 4.03. The molecule has 30 heavy (non-hydrogen) atoms. The number of hydrogen-bond donors (Lipinski definition) is 1. The molecule has 0 aliphatic carbocycles. The summed E-state index contributed by atoms with van der Waals surface area (Å²) in [5.74, 6) is -0.173. The summed E-state index contributed by atoms with van der Waals surface area (Å²) >= 11 is 3.41. The first-order valence-electron chi connectivity index (χ1n) is 10.4. The highest BCUT2D eigenvalue weighted by Crippen LogP contribution is 2.23. The Morgan fingerprint density at radius 2 is 1.80 bits per heavy atom. The number of esters is 1. The van der Waals surface area contributed by atoms with Crippen LogP contribution < -0.4 is 10.2 Å². The van der Waals surface area contributed by atoms with Gasteiger partial charge in [-0.3, -0.25) is 4.79 Å². The van der Waals surface area contributed by atoms with Crippen molar-refractivity contribution in [3.05, 3.63) is 63.6 Å². The Kier molecular flexibility index (Phi) is 10.3. The van der Waals surface area contributed by atoms with E-state index in [1.54, 1.807) is 30.3 Å². The predicted molar refractivity (Wildman–Crippen MR) is 124 cm³/mol. The van der Waals surface area contributed by atoms with E-state index in [4.69, 9.17) is 4.74 Å². The van der Waals surface area contributed by atoms with Crippen molar-refractivity contribution in [3.63, 3.8) is 0 Å². The summed E-state index contributed by atoms with van der Waals surface area (Å²) < 4.78 is 6.39. The van der Waals surface area contributed by atoms with Crippen molar-refractivity contribution < 1.29 is 14.3 Å². The van der Waals surface area contributed by atoms with Crippen LogP contribution in [0.4, 0.5) is 0 Å². The summed E-state index contributed by atoms with van der Waals surface area (Å²) in [5.41, 5.74) is 4.49. The molecule has 0 heterocycles. The van der Waals surface area contributed by atoms with Crippen molar-refractivity contribution in [3.8, 4) is 5.75 Å². The Morgan fingerprint density at radius 1 is 1.07 bits per heavy atom. The molecular formula is C24H29BrN2O3. The topological polar surface area (TPSA) is 67.8 Å². The maximum absolute atomic E-state index is 12.5. The first-order valence-corrected chi connectivity index (χ1v) is 11.2. The monoisotopic (exact) mass is 472 g/mol. The summed E-state index contributed by atoms with van der Waals surface area (Å²) in [4.78, 5) is 24.5. The summed E-state index contributed by atoms with van der Waals surface area (Å²) in [6.07, 6.45) is 8.72. The smallest absolute Gasteiger partial charge is 0.343 e. The van der Waals surface area contributed by atoms with Gasteiger partial charge in [-0.25, -0.2) is 10.2 Å². The molecule has 160 valence electrons. The van der Waals surface area contributed by atoms with E-state index < -0.39 is 5.97 Å². The number of halogens is 1.